The average molecular weight is 283 g/mol. The van der Waals surface area contributed by atoms with Gasteiger partial charge in [-0.05, 0) is 54.9 Å². The number of carboxylic acids is 1. The number of carboxylic acid groups (broad SMARTS) is 1. The van der Waals surface area contributed by atoms with E-state index in [1.54, 1.807) is 7.11 Å². The largest absolute Gasteiger partial charge is 0.496 e. The van der Waals surface area contributed by atoms with Crippen molar-refractivity contribution in [2.45, 2.75) is 32.1 Å². The van der Waals surface area contributed by atoms with Crippen LogP contribution in [0.2, 0.25) is 5.02 Å². The van der Waals surface area contributed by atoms with Gasteiger partial charge in [0.15, 0.2) is 0 Å². The van der Waals surface area contributed by atoms with E-state index in [1.807, 2.05) is 18.2 Å². The van der Waals surface area contributed by atoms with E-state index in [9.17, 15) is 4.79 Å². The maximum atomic E-state index is 10.9. The molecule has 3 atom stereocenters. The summed E-state index contributed by atoms with van der Waals surface area (Å²) < 4.78 is 5.38. The fourth-order valence-corrected chi connectivity index (χ4v) is 2.89. The van der Waals surface area contributed by atoms with Crippen molar-refractivity contribution in [3.05, 3.63) is 28.8 Å². The summed E-state index contributed by atoms with van der Waals surface area (Å²) in [6, 6.07) is 5.63. The van der Waals surface area contributed by atoms with E-state index in [1.165, 1.54) is 0 Å². The number of halogens is 1. The van der Waals surface area contributed by atoms with Crippen LogP contribution in [0.15, 0.2) is 18.2 Å². The third-order valence-corrected chi connectivity index (χ3v) is 4.19. The molecule has 3 unspecified atom stereocenters. The highest BCUT2D eigenvalue weighted by molar-refractivity contribution is 6.30. The molecular weight excluding hydrogens is 264 g/mol. The van der Waals surface area contributed by atoms with Gasteiger partial charge < -0.3 is 9.84 Å². The number of ether oxygens (including phenoxy) is 1. The molecule has 0 radical (unpaired) electrons. The van der Waals surface area contributed by atoms with Gasteiger partial charge in [-0.1, -0.05) is 18.5 Å². The molecule has 0 aliphatic heterocycles. The zero-order valence-electron chi connectivity index (χ0n) is 11.2. The molecular formula is C15H19ClO3. The molecule has 0 heterocycles. The highest BCUT2D eigenvalue weighted by atomic mass is 35.5. The summed E-state index contributed by atoms with van der Waals surface area (Å²) in [5.41, 5.74) is 1.09. The van der Waals surface area contributed by atoms with Gasteiger partial charge in [0, 0.05) is 5.02 Å². The summed E-state index contributed by atoms with van der Waals surface area (Å²) in [6.45, 7) is 2.11. The van der Waals surface area contributed by atoms with Crippen LogP contribution in [0.3, 0.4) is 0 Å². The van der Waals surface area contributed by atoms with Gasteiger partial charge in [-0.25, -0.2) is 0 Å². The predicted molar refractivity (Wildman–Crippen MR) is 74.9 cm³/mol. The van der Waals surface area contributed by atoms with Gasteiger partial charge in [0.05, 0.1) is 13.0 Å². The predicted octanol–water partition coefficient (Wildman–Crippen LogP) is 3.95. The van der Waals surface area contributed by atoms with Crippen LogP contribution in [0.1, 0.15) is 37.7 Å². The van der Waals surface area contributed by atoms with Gasteiger partial charge in [0.25, 0.3) is 0 Å². The summed E-state index contributed by atoms with van der Waals surface area (Å²) in [5.74, 6) is 0.620. The Morgan fingerprint density at radius 2 is 2.32 bits per heavy atom. The Kier molecular flexibility index (Phi) is 4.35. The van der Waals surface area contributed by atoms with Gasteiger partial charge >= 0.3 is 5.97 Å². The molecule has 0 spiro atoms. The van der Waals surface area contributed by atoms with Gasteiger partial charge in [0.1, 0.15) is 5.75 Å². The van der Waals surface area contributed by atoms with Crippen LogP contribution in [0, 0.1) is 11.8 Å². The summed E-state index contributed by atoms with van der Waals surface area (Å²) in [7, 11) is 1.65. The standard InChI is InChI=1S/C15H19ClO3/c1-3-9(6-10-7-13(10)15(17)18)12-8-11(16)4-5-14(12)19-2/h4-5,8-10,13H,3,6-7H2,1-2H3,(H,17,18). The maximum absolute atomic E-state index is 10.9. The average Bonchev–Trinajstić information content (AvgIpc) is 3.15. The molecule has 3 nitrogen and oxygen atoms in total. The lowest BCUT2D eigenvalue weighted by Crippen LogP contribution is -2.05. The Hall–Kier alpha value is -1.22. The number of aliphatic carboxylic acids is 1. The fourth-order valence-electron chi connectivity index (χ4n) is 2.71. The second kappa shape index (κ2) is 5.83. The quantitative estimate of drug-likeness (QED) is 0.859. The van der Waals surface area contributed by atoms with Crippen LogP contribution in [0.4, 0.5) is 0 Å². The molecule has 1 aliphatic carbocycles. The molecule has 1 aromatic carbocycles. The minimum atomic E-state index is -0.669. The monoisotopic (exact) mass is 282 g/mol. The molecule has 0 aromatic heterocycles. The lowest BCUT2D eigenvalue weighted by atomic mass is 9.90. The highest BCUT2D eigenvalue weighted by Crippen LogP contribution is 2.47. The van der Waals surface area contributed by atoms with E-state index in [2.05, 4.69) is 6.92 Å². The van der Waals surface area contributed by atoms with E-state index in [-0.39, 0.29) is 5.92 Å². The van der Waals surface area contributed by atoms with E-state index >= 15 is 0 Å². The minimum absolute atomic E-state index is 0.153. The summed E-state index contributed by atoms with van der Waals surface area (Å²) in [6.07, 6.45) is 2.65. The summed E-state index contributed by atoms with van der Waals surface area (Å²) in [4.78, 5) is 10.9. The first-order valence-corrected chi connectivity index (χ1v) is 7.00. The number of methoxy groups -OCH3 is 1. The van der Waals surface area contributed by atoms with Gasteiger partial charge in [-0.15, -0.1) is 0 Å². The zero-order valence-corrected chi connectivity index (χ0v) is 12.0. The van der Waals surface area contributed by atoms with Gasteiger partial charge in [0.2, 0.25) is 0 Å². The Balaban J connectivity index is 2.13. The van der Waals surface area contributed by atoms with E-state index < -0.39 is 5.97 Å². The topological polar surface area (TPSA) is 46.5 Å². The van der Waals surface area contributed by atoms with Crippen LogP contribution in [0.5, 0.6) is 5.75 Å². The summed E-state index contributed by atoms with van der Waals surface area (Å²) in [5, 5.41) is 9.67. The molecule has 1 aliphatic rings. The molecule has 1 fully saturated rings. The Labute approximate surface area is 118 Å². The molecule has 0 saturated heterocycles. The number of carbonyl (C=O) groups is 1. The second-order valence-corrected chi connectivity index (χ2v) is 5.60. The molecule has 1 saturated carbocycles. The van der Waals surface area contributed by atoms with Crippen molar-refractivity contribution in [2.24, 2.45) is 11.8 Å². The first-order valence-electron chi connectivity index (χ1n) is 6.63. The third kappa shape index (κ3) is 3.21. The van der Waals surface area contributed by atoms with Crippen LogP contribution < -0.4 is 4.74 Å². The first kappa shape index (κ1) is 14.2. The highest BCUT2D eigenvalue weighted by Gasteiger charge is 2.44. The zero-order chi connectivity index (χ0) is 14.0. The Morgan fingerprint density at radius 1 is 1.58 bits per heavy atom. The van der Waals surface area contributed by atoms with Gasteiger partial charge in [-0.2, -0.15) is 0 Å². The molecule has 104 valence electrons. The molecule has 0 bridgehead atoms. The fraction of sp³-hybridized carbons (Fsp3) is 0.533. The normalized spacial score (nSPS) is 22.9. The van der Waals surface area contributed by atoms with Crippen LogP contribution >= 0.6 is 11.6 Å². The van der Waals surface area contributed by atoms with Crippen LogP contribution in [-0.4, -0.2) is 18.2 Å². The number of hydrogen-bond acceptors (Lipinski definition) is 2. The van der Waals surface area contributed by atoms with Crippen molar-refractivity contribution in [3.63, 3.8) is 0 Å². The van der Waals surface area contributed by atoms with Crippen molar-refractivity contribution < 1.29 is 14.6 Å². The molecule has 1 N–H and O–H groups in total. The lowest BCUT2D eigenvalue weighted by Gasteiger charge is -2.18. The van der Waals surface area contributed by atoms with Crippen molar-refractivity contribution >= 4 is 17.6 Å². The van der Waals surface area contributed by atoms with Crippen molar-refractivity contribution in [1.82, 2.24) is 0 Å². The lowest BCUT2D eigenvalue weighted by molar-refractivity contribution is -0.138. The molecule has 19 heavy (non-hydrogen) atoms. The Bertz CT molecular complexity index is 472. The number of hydrogen-bond donors (Lipinski definition) is 1. The number of benzene rings is 1. The minimum Gasteiger partial charge on any atom is -0.496 e. The van der Waals surface area contributed by atoms with Crippen molar-refractivity contribution in [2.75, 3.05) is 7.11 Å². The molecule has 0 amide bonds. The van der Waals surface area contributed by atoms with Crippen molar-refractivity contribution in [1.29, 1.82) is 0 Å². The second-order valence-electron chi connectivity index (χ2n) is 5.17. The van der Waals surface area contributed by atoms with Gasteiger partial charge in [-0.3, -0.25) is 4.79 Å². The van der Waals surface area contributed by atoms with Crippen molar-refractivity contribution in [3.8, 4) is 5.75 Å². The first-order chi connectivity index (χ1) is 9.06. The SMILES string of the molecule is CCC(CC1CC1C(=O)O)c1cc(Cl)ccc1OC. The Morgan fingerprint density at radius 3 is 2.84 bits per heavy atom. The van der Waals surface area contributed by atoms with E-state index in [0.717, 1.165) is 30.6 Å². The maximum Gasteiger partial charge on any atom is 0.306 e. The number of rotatable bonds is 6. The third-order valence-electron chi connectivity index (χ3n) is 3.95. The smallest absolute Gasteiger partial charge is 0.306 e. The molecule has 4 heteroatoms. The van der Waals surface area contributed by atoms with Crippen LogP contribution in [0.25, 0.3) is 0 Å². The van der Waals surface area contributed by atoms with Crippen LogP contribution in [-0.2, 0) is 4.79 Å². The van der Waals surface area contributed by atoms with E-state index in [4.69, 9.17) is 21.4 Å². The molecule has 1 aromatic rings. The summed E-state index contributed by atoms with van der Waals surface area (Å²) >= 11 is 6.06. The molecule has 2 rings (SSSR count). The van der Waals surface area contributed by atoms with E-state index in [0.29, 0.717) is 16.9 Å².